The molecular weight excluding hydrogens is 404 g/mol. The van der Waals surface area contributed by atoms with Crippen LogP contribution in [0.1, 0.15) is 23.1 Å². The van der Waals surface area contributed by atoms with Gasteiger partial charge in [-0.1, -0.05) is 54.2 Å². The van der Waals surface area contributed by atoms with E-state index in [1.807, 2.05) is 67.3 Å². The van der Waals surface area contributed by atoms with Crippen LogP contribution >= 0.6 is 11.8 Å². The lowest BCUT2D eigenvalue weighted by Gasteiger charge is -2.26. The van der Waals surface area contributed by atoms with Crippen molar-refractivity contribution in [3.63, 3.8) is 0 Å². The molecule has 2 atom stereocenters. The maximum atomic E-state index is 12.6. The number of sulfone groups is 1. The molecule has 0 unspecified atom stereocenters. The van der Waals surface area contributed by atoms with E-state index in [4.69, 9.17) is 0 Å². The molecule has 2 aromatic rings. The van der Waals surface area contributed by atoms with Crippen LogP contribution in [-0.2, 0) is 21.1 Å². The zero-order chi connectivity index (χ0) is 20.6. The van der Waals surface area contributed by atoms with E-state index >= 15 is 0 Å². The summed E-state index contributed by atoms with van der Waals surface area (Å²) in [5.74, 6) is 0.0745. The highest BCUT2D eigenvalue weighted by atomic mass is 32.2. The number of nitrogens with zero attached hydrogens (tertiary/aromatic N) is 2. The fourth-order valence-electron chi connectivity index (χ4n) is 3.88. The van der Waals surface area contributed by atoms with Gasteiger partial charge in [-0.15, -0.1) is 0 Å². The van der Waals surface area contributed by atoms with Crippen LogP contribution in [0.2, 0.25) is 0 Å². The molecule has 0 N–H and O–H groups in total. The SMILES string of the molecule is Cc1ccc(C)c(N2C(=NC(=O)CCc3ccccc3)S[C@H]3CS(=O)(=O)C[C@H]32)c1. The molecule has 0 spiro atoms. The smallest absolute Gasteiger partial charge is 0.248 e. The first-order valence-corrected chi connectivity index (χ1v) is 12.4. The minimum Gasteiger partial charge on any atom is -0.315 e. The monoisotopic (exact) mass is 428 g/mol. The van der Waals surface area contributed by atoms with Gasteiger partial charge in [-0.05, 0) is 43.0 Å². The normalized spacial score (nSPS) is 24.1. The maximum Gasteiger partial charge on any atom is 0.248 e. The second-order valence-corrected chi connectivity index (χ2v) is 11.1. The summed E-state index contributed by atoms with van der Waals surface area (Å²) in [6.45, 7) is 4.02. The van der Waals surface area contributed by atoms with Gasteiger partial charge >= 0.3 is 0 Å². The quantitative estimate of drug-likeness (QED) is 0.745. The third-order valence-corrected chi connectivity index (χ3v) is 8.59. The van der Waals surface area contributed by atoms with Crippen molar-refractivity contribution in [1.82, 2.24) is 0 Å². The van der Waals surface area contributed by atoms with E-state index in [0.717, 1.165) is 22.4 Å². The number of carbonyl (C=O) groups excluding carboxylic acids is 1. The zero-order valence-electron chi connectivity index (χ0n) is 16.5. The second kappa shape index (κ2) is 7.95. The van der Waals surface area contributed by atoms with Crippen molar-refractivity contribution in [2.45, 2.75) is 38.0 Å². The number of benzene rings is 2. The van der Waals surface area contributed by atoms with Gasteiger partial charge in [0, 0.05) is 17.4 Å². The number of aliphatic imine (C=N–C) groups is 1. The summed E-state index contributed by atoms with van der Waals surface area (Å²) in [4.78, 5) is 19.0. The van der Waals surface area contributed by atoms with Crippen LogP contribution in [0.3, 0.4) is 0 Å². The number of fused-ring (bicyclic) bond motifs is 1. The Bertz CT molecular complexity index is 1060. The lowest BCUT2D eigenvalue weighted by atomic mass is 10.1. The average molecular weight is 429 g/mol. The first-order chi connectivity index (χ1) is 13.8. The summed E-state index contributed by atoms with van der Waals surface area (Å²) in [5, 5.41) is 0.544. The van der Waals surface area contributed by atoms with Crippen molar-refractivity contribution >= 4 is 38.4 Å². The van der Waals surface area contributed by atoms with Crippen molar-refractivity contribution in [2.75, 3.05) is 16.4 Å². The third-order valence-electron chi connectivity index (χ3n) is 5.38. The molecule has 0 radical (unpaired) electrons. The van der Waals surface area contributed by atoms with E-state index in [0.29, 0.717) is 18.0 Å². The molecule has 0 saturated carbocycles. The first-order valence-electron chi connectivity index (χ1n) is 9.71. The Morgan fingerprint density at radius 1 is 1.14 bits per heavy atom. The summed E-state index contributed by atoms with van der Waals surface area (Å²) in [6, 6.07) is 15.8. The second-order valence-electron chi connectivity index (χ2n) is 7.73. The van der Waals surface area contributed by atoms with E-state index in [-0.39, 0.29) is 28.7 Å². The Labute approximate surface area is 176 Å². The van der Waals surface area contributed by atoms with Crippen LogP contribution in [0.4, 0.5) is 5.69 Å². The van der Waals surface area contributed by atoms with Gasteiger partial charge in [0.05, 0.1) is 17.5 Å². The van der Waals surface area contributed by atoms with E-state index in [1.54, 1.807) is 0 Å². The molecule has 0 aliphatic carbocycles. The van der Waals surface area contributed by atoms with Crippen LogP contribution in [0.5, 0.6) is 0 Å². The molecule has 2 aliphatic heterocycles. The van der Waals surface area contributed by atoms with Gasteiger partial charge in [-0.25, -0.2) is 8.42 Å². The van der Waals surface area contributed by atoms with Gasteiger partial charge in [0.15, 0.2) is 15.0 Å². The number of hydrogen-bond acceptors (Lipinski definition) is 4. The van der Waals surface area contributed by atoms with Crippen molar-refractivity contribution in [3.05, 3.63) is 65.2 Å². The van der Waals surface area contributed by atoms with Crippen molar-refractivity contribution in [1.29, 1.82) is 0 Å². The zero-order valence-corrected chi connectivity index (χ0v) is 18.2. The predicted octanol–water partition coefficient (Wildman–Crippen LogP) is 3.54. The highest BCUT2D eigenvalue weighted by Gasteiger charge is 2.49. The molecule has 0 bridgehead atoms. The number of amidine groups is 1. The van der Waals surface area contributed by atoms with E-state index in [2.05, 4.69) is 4.99 Å². The fraction of sp³-hybridized carbons (Fsp3) is 0.364. The summed E-state index contributed by atoms with van der Waals surface area (Å²) in [6.07, 6.45) is 0.980. The Hall–Kier alpha value is -2.12. The van der Waals surface area contributed by atoms with Gasteiger partial charge in [-0.2, -0.15) is 4.99 Å². The van der Waals surface area contributed by atoms with Crippen LogP contribution in [0, 0.1) is 13.8 Å². The third kappa shape index (κ3) is 4.41. The summed E-state index contributed by atoms with van der Waals surface area (Å²) < 4.78 is 24.4. The van der Waals surface area contributed by atoms with Gasteiger partial charge in [-0.3, -0.25) is 4.79 Å². The molecule has 4 rings (SSSR count). The number of anilines is 1. The average Bonchev–Trinajstić information content (AvgIpc) is 3.14. The molecule has 0 aromatic heterocycles. The number of hydrogen-bond donors (Lipinski definition) is 0. The van der Waals surface area contributed by atoms with Gasteiger partial charge in [0.25, 0.3) is 0 Å². The highest BCUT2D eigenvalue weighted by molar-refractivity contribution is 8.16. The molecule has 152 valence electrons. The number of aryl methyl sites for hydroxylation is 3. The molecule has 1 amide bonds. The van der Waals surface area contributed by atoms with Gasteiger partial charge in [0.1, 0.15) is 0 Å². The largest absolute Gasteiger partial charge is 0.315 e. The Morgan fingerprint density at radius 3 is 2.66 bits per heavy atom. The van der Waals surface area contributed by atoms with Crippen LogP contribution in [0.15, 0.2) is 53.5 Å². The Kier molecular flexibility index (Phi) is 5.53. The number of thioether (sulfide) groups is 1. The topological polar surface area (TPSA) is 66.8 Å². The van der Waals surface area contributed by atoms with Crippen molar-refractivity contribution in [2.24, 2.45) is 4.99 Å². The van der Waals surface area contributed by atoms with Crippen LogP contribution in [-0.4, -0.2) is 42.3 Å². The standard InChI is InChI=1S/C22H24N2O3S2/c1-15-8-9-16(2)18(12-15)24-19-13-29(26,27)14-20(19)28-22(24)23-21(25)11-10-17-6-4-3-5-7-17/h3-9,12,19-20H,10-11,13-14H2,1-2H3/t19-,20+/m1/s1. The van der Waals surface area contributed by atoms with Crippen molar-refractivity contribution < 1.29 is 13.2 Å². The minimum absolute atomic E-state index is 0.0828. The Morgan fingerprint density at radius 2 is 1.90 bits per heavy atom. The minimum atomic E-state index is -3.07. The predicted molar refractivity (Wildman–Crippen MR) is 119 cm³/mol. The van der Waals surface area contributed by atoms with Crippen molar-refractivity contribution in [3.8, 4) is 0 Å². The van der Waals surface area contributed by atoms with Gasteiger partial charge < -0.3 is 4.90 Å². The van der Waals surface area contributed by atoms with Gasteiger partial charge in [0.2, 0.25) is 5.91 Å². The van der Waals surface area contributed by atoms with E-state index in [1.165, 1.54) is 11.8 Å². The van der Waals surface area contributed by atoms with Crippen LogP contribution in [0.25, 0.3) is 0 Å². The first kappa shape index (κ1) is 20.2. The summed E-state index contributed by atoms with van der Waals surface area (Å²) >= 11 is 1.43. The highest BCUT2D eigenvalue weighted by Crippen LogP contribution is 2.42. The molecule has 5 nitrogen and oxygen atoms in total. The van der Waals surface area contributed by atoms with E-state index in [9.17, 15) is 13.2 Å². The molecule has 29 heavy (non-hydrogen) atoms. The molecule has 2 fully saturated rings. The molecule has 2 aliphatic rings. The lowest BCUT2D eigenvalue weighted by molar-refractivity contribution is -0.117. The number of carbonyl (C=O) groups is 1. The number of amides is 1. The maximum absolute atomic E-state index is 12.6. The van der Waals surface area contributed by atoms with E-state index < -0.39 is 9.84 Å². The molecular formula is C22H24N2O3S2. The summed E-state index contributed by atoms with van der Waals surface area (Å²) in [7, 11) is -3.07. The molecule has 7 heteroatoms. The summed E-state index contributed by atoms with van der Waals surface area (Å²) in [5.41, 5.74) is 4.19. The fourth-order valence-corrected chi connectivity index (χ4v) is 7.81. The Balaban J connectivity index is 1.61. The molecule has 2 aromatic carbocycles. The van der Waals surface area contributed by atoms with Crippen LogP contribution < -0.4 is 4.90 Å². The molecule has 2 heterocycles. The molecule has 2 saturated heterocycles. The number of rotatable bonds is 4. The lowest BCUT2D eigenvalue weighted by Crippen LogP contribution is -2.38.